The van der Waals surface area contributed by atoms with Gasteiger partial charge in [-0.25, -0.2) is 4.39 Å². The molecule has 0 atom stereocenters. The third kappa shape index (κ3) is 4.78. The van der Waals surface area contributed by atoms with Gasteiger partial charge in [0.1, 0.15) is 11.6 Å². The molecule has 0 saturated carbocycles. The Labute approximate surface area is 95.9 Å². The number of allylic oxidation sites excluding steroid dienone is 2. The van der Waals surface area contributed by atoms with Crippen LogP contribution in [0.5, 0.6) is 0 Å². The molecule has 0 heterocycles. The molecule has 0 saturated heterocycles. The quantitative estimate of drug-likeness (QED) is 0.581. The molecule has 0 amide bonds. The van der Waals surface area contributed by atoms with E-state index in [0.717, 1.165) is 5.56 Å². The Morgan fingerprint density at radius 2 is 1.75 bits per heavy atom. The second-order valence-electron chi connectivity index (χ2n) is 4.82. The van der Waals surface area contributed by atoms with Crippen molar-refractivity contribution in [3.8, 4) is 0 Å². The largest absolute Gasteiger partial charge is 0.508 e. The fourth-order valence-electron chi connectivity index (χ4n) is 1.11. The first-order valence-electron chi connectivity index (χ1n) is 5.22. The summed E-state index contributed by atoms with van der Waals surface area (Å²) in [5.41, 5.74) is 0.808. The summed E-state index contributed by atoms with van der Waals surface area (Å²) in [7, 11) is 0. The van der Waals surface area contributed by atoms with E-state index in [9.17, 15) is 9.50 Å². The molecule has 1 aromatic rings. The molecule has 0 unspecified atom stereocenters. The van der Waals surface area contributed by atoms with Crippen LogP contribution in [0.25, 0.3) is 6.08 Å². The van der Waals surface area contributed by atoms with Gasteiger partial charge in [0.2, 0.25) is 0 Å². The molecular formula is C14H17FO. The molecule has 1 N–H and O–H groups in total. The summed E-state index contributed by atoms with van der Waals surface area (Å²) in [6.07, 6.45) is 5.17. The lowest BCUT2D eigenvalue weighted by molar-refractivity contribution is 0.434. The number of hydrogen-bond acceptors (Lipinski definition) is 1. The molecule has 2 heteroatoms. The maximum absolute atomic E-state index is 12.6. The van der Waals surface area contributed by atoms with Gasteiger partial charge in [-0.15, -0.1) is 0 Å². The first-order valence-corrected chi connectivity index (χ1v) is 5.22. The molecule has 1 aromatic carbocycles. The van der Waals surface area contributed by atoms with E-state index < -0.39 is 0 Å². The predicted octanol–water partition coefficient (Wildman–Crippen LogP) is 4.33. The van der Waals surface area contributed by atoms with E-state index >= 15 is 0 Å². The first-order chi connectivity index (χ1) is 7.37. The highest BCUT2D eigenvalue weighted by Crippen LogP contribution is 2.16. The SMILES string of the molecule is CC(C)(C)C=CC(O)=Cc1ccc(F)cc1. The number of aliphatic hydroxyl groups is 1. The molecule has 1 nitrogen and oxygen atoms in total. The van der Waals surface area contributed by atoms with Crippen molar-refractivity contribution in [2.45, 2.75) is 20.8 Å². The average Bonchev–Trinajstić information content (AvgIpc) is 2.18. The van der Waals surface area contributed by atoms with Crippen LogP contribution in [-0.2, 0) is 0 Å². The van der Waals surface area contributed by atoms with Gasteiger partial charge in [-0.05, 0) is 35.3 Å². The van der Waals surface area contributed by atoms with Crippen LogP contribution in [-0.4, -0.2) is 5.11 Å². The van der Waals surface area contributed by atoms with Gasteiger partial charge in [0.15, 0.2) is 0 Å². The van der Waals surface area contributed by atoms with Crippen molar-refractivity contribution in [1.82, 2.24) is 0 Å². The van der Waals surface area contributed by atoms with Gasteiger partial charge in [0.25, 0.3) is 0 Å². The molecule has 0 aliphatic carbocycles. The fourth-order valence-corrected chi connectivity index (χ4v) is 1.11. The van der Waals surface area contributed by atoms with Crippen molar-refractivity contribution in [3.63, 3.8) is 0 Å². The van der Waals surface area contributed by atoms with E-state index in [4.69, 9.17) is 0 Å². The molecule has 0 fully saturated rings. The van der Waals surface area contributed by atoms with E-state index in [0.29, 0.717) is 0 Å². The zero-order chi connectivity index (χ0) is 12.2. The lowest BCUT2D eigenvalue weighted by Gasteiger charge is -2.10. The third-order valence-corrected chi connectivity index (χ3v) is 1.94. The monoisotopic (exact) mass is 220 g/mol. The molecular weight excluding hydrogens is 203 g/mol. The number of benzene rings is 1. The molecule has 0 radical (unpaired) electrons. The van der Waals surface area contributed by atoms with Crippen molar-refractivity contribution in [2.75, 3.05) is 0 Å². The summed E-state index contributed by atoms with van der Waals surface area (Å²) in [4.78, 5) is 0. The molecule has 0 bridgehead atoms. The Morgan fingerprint density at radius 3 is 2.25 bits per heavy atom. The van der Waals surface area contributed by atoms with Gasteiger partial charge in [-0.1, -0.05) is 39.0 Å². The first kappa shape index (κ1) is 12.5. The number of hydrogen-bond donors (Lipinski definition) is 1. The summed E-state index contributed by atoms with van der Waals surface area (Å²) in [5.74, 6) is -0.108. The minimum atomic E-state index is -0.276. The van der Waals surface area contributed by atoms with E-state index in [1.54, 1.807) is 24.3 Å². The van der Waals surface area contributed by atoms with E-state index in [2.05, 4.69) is 20.8 Å². The summed E-state index contributed by atoms with van der Waals surface area (Å²) in [5, 5.41) is 9.62. The van der Waals surface area contributed by atoms with Gasteiger partial charge in [-0.2, -0.15) is 0 Å². The molecule has 0 aliphatic heterocycles. The summed E-state index contributed by atoms with van der Waals surface area (Å²) < 4.78 is 12.6. The van der Waals surface area contributed by atoms with Crippen LogP contribution in [0, 0.1) is 11.2 Å². The molecule has 0 aliphatic rings. The Morgan fingerprint density at radius 1 is 1.19 bits per heavy atom. The Kier molecular flexibility index (Phi) is 3.88. The van der Waals surface area contributed by atoms with Crippen molar-refractivity contribution < 1.29 is 9.50 Å². The molecule has 1 rings (SSSR count). The smallest absolute Gasteiger partial charge is 0.123 e. The lowest BCUT2D eigenvalue weighted by Crippen LogP contribution is -1.98. The lowest BCUT2D eigenvalue weighted by atomic mass is 9.96. The Balaban J connectivity index is 2.77. The molecule has 86 valence electrons. The van der Waals surface area contributed by atoms with Gasteiger partial charge in [0.05, 0.1) is 0 Å². The number of halogens is 1. The highest BCUT2D eigenvalue weighted by atomic mass is 19.1. The third-order valence-electron chi connectivity index (χ3n) is 1.94. The second kappa shape index (κ2) is 4.97. The van der Waals surface area contributed by atoms with E-state index in [1.165, 1.54) is 12.1 Å². The normalized spacial score (nSPS) is 13.4. The van der Waals surface area contributed by atoms with Crippen LogP contribution >= 0.6 is 0 Å². The zero-order valence-corrected chi connectivity index (χ0v) is 9.87. The maximum atomic E-state index is 12.6. The van der Waals surface area contributed by atoms with Crippen LogP contribution in [0.15, 0.2) is 42.2 Å². The van der Waals surface area contributed by atoms with Crippen LogP contribution in [0.4, 0.5) is 4.39 Å². The number of rotatable bonds is 2. The van der Waals surface area contributed by atoms with Gasteiger partial charge in [-0.3, -0.25) is 0 Å². The maximum Gasteiger partial charge on any atom is 0.123 e. The minimum absolute atomic E-state index is 0.0324. The van der Waals surface area contributed by atoms with E-state index in [1.807, 2.05) is 6.08 Å². The van der Waals surface area contributed by atoms with Crippen LogP contribution < -0.4 is 0 Å². The standard InChI is InChI=1S/C14H17FO/c1-14(2,3)9-8-13(16)10-11-4-6-12(15)7-5-11/h4-10,16H,1-3H3. The number of aliphatic hydroxyl groups excluding tert-OH is 1. The minimum Gasteiger partial charge on any atom is -0.508 e. The van der Waals surface area contributed by atoms with Crippen molar-refractivity contribution in [2.24, 2.45) is 5.41 Å². The highest BCUT2D eigenvalue weighted by molar-refractivity contribution is 5.53. The fraction of sp³-hybridized carbons (Fsp3) is 0.286. The predicted molar refractivity (Wildman–Crippen MR) is 65.6 cm³/mol. The molecule has 0 spiro atoms. The Hall–Kier alpha value is -1.57. The van der Waals surface area contributed by atoms with Crippen LogP contribution in [0.2, 0.25) is 0 Å². The zero-order valence-electron chi connectivity index (χ0n) is 9.87. The second-order valence-corrected chi connectivity index (χ2v) is 4.82. The summed E-state index contributed by atoms with van der Waals surface area (Å²) in [6, 6.07) is 5.98. The van der Waals surface area contributed by atoms with Gasteiger partial charge in [0, 0.05) is 0 Å². The molecule has 0 aromatic heterocycles. The van der Waals surface area contributed by atoms with Gasteiger partial charge < -0.3 is 5.11 Å². The van der Waals surface area contributed by atoms with Crippen molar-refractivity contribution >= 4 is 6.08 Å². The van der Waals surface area contributed by atoms with Crippen LogP contribution in [0.3, 0.4) is 0 Å². The van der Waals surface area contributed by atoms with Gasteiger partial charge >= 0.3 is 0 Å². The Bertz CT molecular complexity index is 394. The van der Waals surface area contributed by atoms with E-state index in [-0.39, 0.29) is 17.0 Å². The highest BCUT2D eigenvalue weighted by Gasteiger charge is 2.03. The van der Waals surface area contributed by atoms with Crippen LogP contribution in [0.1, 0.15) is 26.3 Å². The van der Waals surface area contributed by atoms with Crippen molar-refractivity contribution in [1.29, 1.82) is 0 Å². The van der Waals surface area contributed by atoms with Crippen molar-refractivity contribution in [3.05, 3.63) is 53.6 Å². The summed E-state index contributed by atoms with van der Waals surface area (Å²) >= 11 is 0. The molecule has 16 heavy (non-hydrogen) atoms. The summed E-state index contributed by atoms with van der Waals surface area (Å²) in [6.45, 7) is 6.15. The topological polar surface area (TPSA) is 20.2 Å². The average molecular weight is 220 g/mol.